The zero-order valence-electron chi connectivity index (χ0n) is 13.8. The van der Waals surface area contributed by atoms with E-state index >= 15 is 0 Å². The summed E-state index contributed by atoms with van der Waals surface area (Å²) in [5.41, 5.74) is 3.89. The lowest BCUT2D eigenvalue weighted by Crippen LogP contribution is -2.13. The summed E-state index contributed by atoms with van der Waals surface area (Å²) in [5.74, 6) is -0.928. The maximum absolute atomic E-state index is 12.6. The van der Waals surface area contributed by atoms with E-state index in [0.29, 0.717) is 11.1 Å². The van der Waals surface area contributed by atoms with Gasteiger partial charge in [-0.05, 0) is 29.8 Å². The Bertz CT molecular complexity index is 910. The van der Waals surface area contributed by atoms with E-state index in [1.807, 2.05) is 61.6 Å². The van der Waals surface area contributed by atoms with Crippen molar-refractivity contribution in [3.63, 3.8) is 0 Å². The Morgan fingerprint density at radius 3 is 1.68 bits per heavy atom. The minimum absolute atomic E-state index is 0.107. The van der Waals surface area contributed by atoms with E-state index < -0.39 is 5.92 Å². The molecular formula is C22H17NO2. The van der Waals surface area contributed by atoms with Crippen molar-refractivity contribution in [2.24, 2.45) is 0 Å². The molecule has 1 aliphatic carbocycles. The molecule has 4 rings (SSSR count). The van der Waals surface area contributed by atoms with Crippen LogP contribution in [0.15, 0.2) is 78.9 Å². The second-order valence-electron chi connectivity index (χ2n) is 6.19. The van der Waals surface area contributed by atoms with Crippen molar-refractivity contribution in [3.05, 3.63) is 95.6 Å². The molecule has 0 radical (unpaired) electrons. The van der Waals surface area contributed by atoms with Crippen molar-refractivity contribution in [2.75, 3.05) is 11.9 Å². The molecule has 25 heavy (non-hydrogen) atoms. The Kier molecular flexibility index (Phi) is 3.69. The highest BCUT2D eigenvalue weighted by atomic mass is 16.2. The molecule has 0 aliphatic heterocycles. The van der Waals surface area contributed by atoms with Gasteiger partial charge in [0.2, 0.25) is 0 Å². The fourth-order valence-corrected chi connectivity index (χ4v) is 3.34. The molecule has 3 heteroatoms. The summed E-state index contributed by atoms with van der Waals surface area (Å²) in [7, 11) is 1.99. The second-order valence-corrected chi connectivity index (χ2v) is 6.19. The number of hydrogen-bond donors (Lipinski definition) is 0. The smallest absolute Gasteiger partial charge is 0.178 e. The predicted octanol–water partition coefficient (Wildman–Crippen LogP) is 4.62. The molecule has 0 heterocycles. The van der Waals surface area contributed by atoms with Crippen LogP contribution in [0.5, 0.6) is 0 Å². The largest absolute Gasteiger partial charge is 0.345 e. The SMILES string of the molecule is CN(c1ccccc1)c1ccc(C2C(=O)c3ccccc3C2=O)cc1. The number of benzene rings is 3. The minimum atomic E-state index is -0.714. The van der Waals surface area contributed by atoms with Gasteiger partial charge in [-0.3, -0.25) is 9.59 Å². The third kappa shape index (κ3) is 2.54. The molecular weight excluding hydrogens is 310 g/mol. The maximum atomic E-state index is 12.6. The first-order chi connectivity index (χ1) is 12.2. The molecule has 3 aromatic carbocycles. The molecule has 0 bridgehead atoms. The van der Waals surface area contributed by atoms with Crippen LogP contribution in [0.1, 0.15) is 32.2 Å². The molecule has 0 atom stereocenters. The molecule has 3 nitrogen and oxygen atoms in total. The number of ketones is 2. The van der Waals surface area contributed by atoms with E-state index in [9.17, 15) is 9.59 Å². The number of anilines is 2. The van der Waals surface area contributed by atoms with Gasteiger partial charge < -0.3 is 4.90 Å². The predicted molar refractivity (Wildman–Crippen MR) is 98.8 cm³/mol. The van der Waals surface area contributed by atoms with Crippen LogP contribution < -0.4 is 4.90 Å². The molecule has 0 saturated carbocycles. The Morgan fingerprint density at radius 2 is 1.12 bits per heavy atom. The summed E-state index contributed by atoms with van der Waals surface area (Å²) in [6.45, 7) is 0. The number of nitrogens with zero attached hydrogens (tertiary/aromatic N) is 1. The molecule has 0 spiro atoms. The number of hydrogen-bond acceptors (Lipinski definition) is 3. The van der Waals surface area contributed by atoms with Gasteiger partial charge >= 0.3 is 0 Å². The molecule has 0 aromatic heterocycles. The molecule has 0 saturated heterocycles. The minimum Gasteiger partial charge on any atom is -0.345 e. The molecule has 3 aromatic rings. The first kappa shape index (κ1) is 15.3. The van der Waals surface area contributed by atoms with Crippen LogP contribution in [-0.4, -0.2) is 18.6 Å². The van der Waals surface area contributed by atoms with Crippen LogP contribution in [-0.2, 0) is 0 Å². The molecule has 0 unspecified atom stereocenters. The number of Topliss-reactive ketones (excluding diaryl/α,β-unsaturated/α-hetero) is 2. The third-order valence-corrected chi connectivity index (χ3v) is 4.74. The lowest BCUT2D eigenvalue weighted by Gasteiger charge is -2.20. The van der Waals surface area contributed by atoms with E-state index in [0.717, 1.165) is 16.9 Å². The fourth-order valence-electron chi connectivity index (χ4n) is 3.34. The topological polar surface area (TPSA) is 37.4 Å². The van der Waals surface area contributed by atoms with E-state index in [4.69, 9.17) is 0 Å². The Labute approximate surface area is 146 Å². The first-order valence-electron chi connectivity index (χ1n) is 8.23. The van der Waals surface area contributed by atoms with E-state index in [1.54, 1.807) is 24.3 Å². The van der Waals surface area contributed by atoms with Crippen LogP contribution in [0.25, 0.3) is 0 Å². The standard InChI is InChI=1S/C22H17NO2/c1-23(16-7-3-2-4-8-16)17-13-11-15(12-14-17)20-21(24)18-9-5-6-10-19(18)22(20)25/h2-14,20H,1H3. The van der Waals surface area contributed by atoms with Crippen LogP contribution in [0.4, 0.5) is 11.4 Å². The monoisotopic (exact) mass is 327 g/mol. The summed E-state index contributed by atoms with van der Waals surface area (Å²) >= 11 is 0. The van der Waals surface area contributed by atoms with Gasteiger partial charge in [0.25, 0.3) is 0 Å². The summed E-state index contributed by atoms with van der Waals surface area (Å²) in [6.07, 6.45) is 0. The fraction of sp³-hybridized carbons (Fsp3) is 0.0909. The van der Waals surface area contributed by atoms with Gasteiger partial charge in [0, 0.05) is 29.5 Å². The molecule has 122 valence electrons. The van der Waals surface area contributed by atoms with Gasteiger partial charge in [-0.25, -0.2) is 0 Å². The maximum Gasteiger partial charge on any atom is 0.178 e. The molecule has 0 amide bonds. The first-order valence-corrected chi connectivity index (χ1v) is 8.23. The van der Waals surface area contributed by atoms with Crippen molar-refractivity contribution >= 4 is 22.9 Å². The lowest BCUT2D eigenvalue weighted by molar-refractivity contribution is 0.0890. The number of fused-ring (bicyclic) bond motifs is 1. The summed E-state index contributed by atoms with van der Waals surface area (Å²) < 4.78 is 0. The van der Waals surface area contributed by atoms with Gasteiger partial charge in [0.05, 0.1) is 0 Å². The van der Waals surface area contributed by atoms with Gasteiger partial charge in [0.15, 0.2) is 11.6 Å². The van der Waals surface area contributed by atoms with Gasteiger partial charge in [-0.1, -0.05) is 54.6 Å². The Morgan fingerprint density at radius 1 is 0.640 bits per heavy atom. The summed E-state index contributed by atoms with van der Waals surface area (Å²) in [4.78, 5) is 27.3. The number of carbonyl (C=O) groups is 2. The highest BCUT2D eigenvalue weighted by Gasteiger charge is 2.39. The number of rotatable bonds is 3. The molecule has 1 aliphatic rings. The summed E-state index contributed by atoms with van der Waals surface area (Å²) in [6, 6.07) is 24.7. The average molecular weight is 327 g/mol. The zero-order chi connectivity index (χ0) is 17.4. The van der Waals surface area contributed by atoms with E-state index in [1.165, 1.54) is 0 Å². The lowest BCUT2D eigenvalue weighted by atomic mass is 9.94. The van der Waals surface area contributed by atoms with Crippen molar-refractivity contribution < 1.29 is 9.59 Å². The van der Waals surface area contributed by atoms with Gasteiger partial charge in [-0.15, -0.1) is 0 Å². The van der Waals surface area contributed by atoms with E-state index in [-0.39, 0.29) is 11.6 Å². The average Bonchev–Trinajstić information content (AvgIpc) is 2.93. The normalized spacial score (nSPS) is 13.8. The second kappa shape index (κ2) is 6.02. The Balaban J connectivity index is 1.64. The van der Waals surface area contributed by atoms with Gasteiger partial charge in [0.1, 0.15) is 5.92 Å². The van der Waals surface area contributed by atoms with Crippen molar-refractivity contribution in [1.29, 1.82) is 0 Å². The number of carbonyl (C=O) groups excluding carboxylic acids is 2. The summed E-state index contributed by atoms with van der Waals surface area (Å²) in [5, 5.41) is 0. The van der Waals surface area contributed by atoms with Crippen LogP contribution in [0, 0.1) is 0 Å². The quantitative estimate of drug-likeness (QED) is 0.659. The highest BCUT2D eigenvalue weighted by molar-refractivity contribution is 6.29. The molecule has 0 N–H and O–H groups in total. The van der Waals surface area contributed by atoms with Crippen molar-refractivity contribution in [3.8, 4) is 0 Å². The zero-order valence-corrected chi connectivity index (χ0v) is 13.8. The van der Waals surface area contributed by atoms with E-state index in [2.05, 4.69) is 4.90 Å². The highest BCUT2D eigenvalue weighted by Crippen LogP contribution is 2.35. The molecule has 0 fully saturated rings. The van der Waals surface area contributed by atoms with Crippen LogP contribution >= 0.6 is 0 Å². The van der Waals surface area contributed by atoms with Crippen molar-refractivity contribution in [2.45, 2.75) is 5.92 Å². The van der Waals surface area contributed by atoms with Gasteiger partial charge in [-0.2, -0.15) is 0 Å². The Hall–Kier alpha value is -3.20. The van der Waals surface area contributed by atoms with Crippen LogP contribution in [0.3, 0.4) is 0 Å². The van der Waals surface area contributed by atoms with Crippen LogP contribution in [0.2, 0.25) is 0 Å². The number of para-hydroxylation sites is 1. The van der Waals surface area contributed by atoms with Crippen molar-refractivity contribution in [1.82, 2.24) is 0 Å². The third-order valence-electron chi connectivity index (χ3n) is 4.74.